The van der Waals surface area contributed by atoms with Gasteiger partial charge in [0.1, 0.15) is 11.5 Å². The minimum Gasteiger partial charge on any atom is -0.494 e. The van der Waals surface area contributed by atoms with Crippen LogP contribution in [-0.4, -0.2) is 18.2 Å². The fraction of sp³-hybridized carbons (Fsp3) is 0.652. The Morgan fingerprint density at radius 1 is 1.08 bits per heavy atom. The van der Waals surface area contributed by atoms with Crippen molar-refractivity contribution in [2.45, 2.75) is 71.1 Å². The average Bonchev–Trinajstić information content (AvgIpc) is 2.64. The first-order chi connectivity index (χ1) is 12.6. The Hall–Kier alpha value is -1.64. The molecule has 0 bridgehead atoms. The lowest BCUT2D eigenvalue weighted by Crippen LogP contribution is -2.36. The normalized spacial score (nSPS) is 25.7. The number of hydrogen-bond donors (Lipinski definition) is 0. The SMILES string of the molecule is CCOc1ccc(C(C(=O)C2CCC(C)CC2=O)C2CCCCC2)cc1. The largest absolute Gasteiger partial charge is 0.494 e. The van der Waals surface area contributed by atoms with Crippen LogP contribution in [0.25, 0.3) is 0 Å². The topological polar surface area (TPSA) is 43.4 Å². The van der Waals surface area contributed by atoms with Crippen LogP contribution in [0.1, 0.15) is 76.7 Å². The number of ketones is 2. The van der Waals surface area contributed by atoms with E-state index in [2.05, 4.69) is 6.92 Å². The summed E-state index contributed by atoms with van der Waals surface area (Å²) in [7, 11) is 0. The summed E-state index contributed by atoms with van der Waals surface area (Å²) in [4.78, 5) is 26.0. The van der Waals surface area contributed by atoms with E-state index >= 15 is 0 Å². The maximum atomic E-state index is 13.5. The number of benzene rings is 1. The van der Waals surface area contributed by atoms with Crippen LogP contribution in [0.3, 0.4) is 0 Å². The highest BCUT2D eigenvalue weighted by molar-refractivity contribution is 6.05. The van der Waals surface area contributed by atoms with E-state index in [-0.39, 0.29) is 23.4 Å². The van der Waals surface area contributed by atoms with Gasteiger partial charge in [0.05, 0.1) is 12.5 Å². The number of carbonyl (C=O) groups is 2. The lowest BCUT2D eigenvalue weighted by atomic mass is 9.69. The third-order valence-corrected chi connectivity index (χ3v) is 6.21. The number of rotatable bonds is 6. The molecule has 3 unspecified atom stereocenters. The first-order valence-electron chi connectivity index (χ1n) is 10.4. The van der Waals surface area contributed by atoms with E-state index in [1.165, 1.54) is 19.3 Å². The quantitative estimate of drug-likeness (QED) is 0.648. The van der Waals surface area contributed by atoms with Gasteiger partial charge in [0.2, 0.25) is 0 Å². The predicted molar refractivity (Wildman–Crippen MR) is 103 cm³/mol. The fourth-order valence-electron chi connectivity index (χ4n) is 4.79. The molecule has 1 aromatic rings. The van der Waals surface area contributed by atoms with E-state index in [1.807, 2.05) is 31.2 Å². The van der Waals surface area contributed by atoms with E-state index in [9.17, 15) is 9.59 Å². The standard InChI is InChI=1S/C23H32O3/c1-3-26-19-12-10-18(11-13-19)22(17-7-5-4-6-8-17)23(25)20-14-9-16(2)15-21(20)24/h10-13,16-17,20,22H,3-9,14-15H2,1-2H3. The molecule has 2 saturated carbocycles. The van der Waals surface area contributed by atoms with Crippen LogP contribution in [0, 0.1) is 17.8 Å². The van der Waals surface area contributed by atoms with Gasteiger partial charge in [-0.3, -0.25) is 9.59 Å². The molecule has 2 fully saturated rings. The molecule has 2 aliphatic rings. The molecule has 0 radical (unpaired) electrons. The van der Waals surface area contributed by atoms with Gasteiger partial charge in [-0.1, -0.05) is 38.3 Å². The smallest absolute Gasteiger partial charge is 0.151 e. The zero-order valence-electron chi connectivity index (χ0n) is 16.2. The summed E-state index contributed by atoms with van der Waals surface area (Å²) in [5, 5.41) is 0. The van der Waals surface area contributed by atoms with Gasteiger partial charge in [-0.05, 0) is 62.1 Å². The van der Waals surface area contributed by atoms with Crippen LogP contribution < -0.4 is 4.74 Å². The Bertz CT molecular complexity index is 613. The minimum absolute atomic E-state index is 0.131. The molecule has 0 aliphatic heterocycles. The summed E-state index contributed by atoms with van der Waals surface area (Å²) in [6.07, 6.45) is 8.14. The van der Waals surface area contributed by atoms with Crippen LogP contribution in [0.2, 0.25) is 0 Å². The number of carbonyl (C=O) groups excluding carboxylic acids is 2. The van der Waals surface area contributed by atoms with Crippen molar-refractivity contribution in [2.24, 2.45) is 17.8 Å². The Kier molecular flexibility index (Phi) is 6.50. The molecule has 0 saturated heterocycles. The van der Waals surface area contributed by atoms with Gasteiger partial charge in [0, 0.05) is 12.3 Å². The second-order valence-electron chi connectivity index (χ2n) is 8.19. The van der Waals surface area contributed by atoms with Gasteiger partial charge in [-0.2, -0.15) is 0 Å². The highest BCUT2D eigenvalue weighted by Crippen LogP contribution is 2.40. The molecule has 0 aromatic heterocycles. The Morgan fingerprint density at radius 3 is 2.38 bits per heavy atom. The summed E-state index contributed by atoms with van der Waals surface area (Å²) < 4.78 is 5.55. The molecule has 3 atom stereocenters. The maximum Gasteiger partial charge on any atom is 0.151 e. The van der Waals surface area contributed by atoms with Crippen molar-refractivity contribution in [3.63, 3.8) is 0 Å². The van der Waals surface area contributed by atoms with Crippen LogP contribution >= 0.6 is 0 Å². The Morgan fingerprint density at radius 2 is 1.77 bits per heavy atom. The van der Waals surface area contributed by atoms with Crippen LogP contribution in [0.4, 0.5) is 0 Å². The third kappa shape index (κ3) is 4.36. The molecule has 3 rings (SSSR count). The monoisotopic (exact) mass is 356 g/mol. The molecule has 142 valence electrons. The molecule has 0 amide bonds. The van der Waals surface area contributed by atoms with Crippen molar-refractivity contribution < 1.29 is 14.3 Å². The molecule has 3 nitrogen and oxygen atoms in total. The van der Waals surface area contributed by atoms with E-state index in [4.69, 9.17) is 4.74 Å². The lowest BCUT2D eigenvalue weighted by Gasteiger charge is -2.33. The number of ether oxygens (including phenoxy) is 1. The van der Waals surface area contributed by atoms with Gasteiger partial charge in [-0.15, -0.1) is 0 Å². The molecular formula is C23H32O3. The van der Waals surface area contributed by atoms with Crippen molar-refractivity contribution in [3.8, 4) is 5.75 Å². The summed E-state index contributed by atoms with van der Waals surface area (Å²) in [5.74, 6) is 1.47. The summed E-state index contributed by atoms with van der Waals surface area (Å²) in [5.41, 5.74) is 1.07. The lowest BCUT2D eigenvalue weighted by molar-refractivity contribution is -0.137. The summed E-state index contributed by atoms with van der Waals surface area (Å²) in [6, 6.07) is 8.01. The molecule has 1 aromatic carbocycles. The van der Waals surface area contributed by atoms with Crippen molar-refractivity contribution in [3.05, 3.63) is 29.8 Å². The van der Waals surface area contributed by atoms with E-state index in [1.54, 1.807) is 0 Å². The third-order valence-electron chi connectivity index (χ3n) is 6.21. The second-order valence-corrected chi connectivity index (χ2v) is 8.19. The van der Waals surface area contributed by atoms with Crippen molar-refractivity contribution >= 4 is 11.6 Å². The van der Waals surface area contributed by atoms with Crippen LogP contribution in [0.5, 0.6) is 5.75 Å². The second kappa shape index (κ2) is 8.83. The number of Topliss-reactive ketones (excluding diaryl/α,β-unsaturated/α-hetero) is 2. The first kappa shape index (κ1) is 19.1. The molecule has 2 aliphatic carbocycles. The van der Waals surface area contributed by atoms with Gasteiger partial charge >= 0.3 is 0 Å². The summed E-state index contributed by atoms with van der Waals surface area (Å²) >= 11 is 0. The van der Waals surface area contributed by atoms with E-state index in [0.717, 1.165) is 37.0 Å². The first-order valence-corrected chi connectivity index (χ1v) is 10.4. The Balaban J connectivity index is 1.85. The highest BCUT2D eigenvalue weighted by Gasteiger charge is 2.39. The van der Waals surface area contributed by atoms with Crippen molar-refractivity contribution in [2.75, 3.05) is 6.61 Å². The minimum atomic E-state index is -0.385. The van der Waals surface area contributed by atoms with Crippen molar-refractivity contribution in [1.29, 1.82) is 0 Å². The molecular weight excluding hydrogens is 324 g/mol. The predicted octanol–water partition coefficient (Wildman–Crippen LogP) is 5.32. The Labute approximate surface area is 157 Å². The zero-order chi connectivity index (χ0) is 18.5. The van der Waals surface area contributed by atoms with E-state index in [0.29, 0.717) is 24.9 Å². The highest BCUT2D eigenvalue weighted by atomic mass is 16.5. The van der Waals surface area contributed by atoms with Crippen LogP contribution in [0.15, 0.2) is 24.3 Å². The molecule has 0 spiro atoms. The maximum absolute atomic E-state index is 13.5. The summed E-state index contributed by atoms with van der Waals surface area (Å²) in [6.45, 7) is 4.72. The van der Waals surface area contributed by atoms with E-state index < -0.39 is 0 Å². The van der Waals surface area contributed by atoms with Gasteiger partial charge in [0.25, 0.3) is 0 Å². The van der Waals surface area contributed by atoms with Gasteiger partial charge in [0.15, 0.2) is 5.78 Å². The molecule has 3 heteroatoms. The van der Waals surface area contributed by atoms with Gasteiger partial charge < -0.3 is 4.74 Å². The molecule has 26 heavy (non-hydrogen) atoms. The molecule has 0 heterocycles. The van der Waals surface area contributed by atoms with Gasteiger partial charge in [-0.25, -0.2) is 0 Å². The van der Waals surface area contributed by atoms with Crippen LogP contribution in [-0.2, 0) is 9.59 Å². The zero-order valence-corrected chi connectivity index (χ0v) is 16.2. The fourth-order valence-corrected chi connectivity index (χ4v) is 4.79. The average molecular weight is 357 g/mol. The van der Waals surface area contributed by atoms with Crippen molar-refractivity contribution in [1.82, 2.24) is 0 Å². The molecule has 0 N–H and O–H groups in total. The number of hydrogen-bond acceptors (Lipinski definition) is 3.